The van der Waals surface area contributed by atoms with Crippen molar-refractivity contribution in [3.63, 3.8) is 0 Å². The van der Waals surface area contributed by atoms with Gasteiger partial charge in [-0.3, -0.25) is 4.79 Å². The van der Waals surface area contributed by atoms with Gasteiger partial charge in [-0.2, -0.15) is 0 Å². The Balaban J connectivity index is 1.47. The molecule has 0 spiro atoms. The monoisotopic (exact) mass is 431 g/mol. The van der Waals surface area contributed by atoms with E-state index in [1.165, 1.54) is 56.0 Å². The van der Waals surface area contributed by atoms with Gasteiger partial charge in [-0.15, -0.1) is 0 Å². The zero-order valence-corrected chi connectivity index (χ0v) is 19.7. The van der Waals surface area contributed by atoms with E-state index in [0.29, 0.717) is 6.42 Å². The number of rotatable bonds is 11. The van der Waals surface area contributed by atoms with Crippen molar-refractivity contribution in [1.82, 2.24) is 14.5 Å². The highest BCUT2D eigenvalue weighted by molar-refractivity contribution is 5.81. The Morgan fingerprint density at radius 3 is 2.41 bits per heavy atom. The quantitative estimate of drug-likeness (QED) is 0.311. The normalized spacial score (nSPS) is 17.4. The molecule has 3 aromatic rings. The molecule has 0 saturated carbocycles. The van der Waals surface area contributed by atoms with Crippen LogP contribution in [-0.2, 0) is 11.3 Å². The molecule has 2 aromatic carbocycles. The zero-order chi connectivity index (χ0) is 22.3. The lowest BCUT2D eigenvalue weighted by molar-refractivity contribution is -0.129. The van der Waals surface area contributed by atoms with Crippen molar-refractivity contribution in [3.05, 3.63) is 66.0 Å². The molecule has 2 atom stereocenters. The molecule has 1 aliphatic rings. The number of carbonyl (C=O) groups is 1. The fraction of sp³-hybridized carbons (Fsp3) is 0.500. The summed E-state index contributed by atoms with van der Waals surface area (Å²) in [6.07, 6.45) is 9.64. The number of fused-ring (bicyclic) bond motifs is 1. The van der Waals surface area contributed by atoms with Crippen molar-refractivity contribution in [2.75, 3.05) is 6.54 Å². The molecule has 1 aliphatic heterocycles. The fourth-order valence-electron chi connectivity index (χ4n) is 5.06. The molecule has 0 radical (unpaired) electrons. The minimum Gasteiger partial charge on any atom is -0.335 e. The highest BCUT2D eigenvalue weighted by Gasteiger charge is 2.36. The largest absolute Gasteiger partial charge is 0.335 e. The maximum Gasteiger partial charge on any atom is 0.223 e. The first-order valence-corrected chi connectivity index (χ1v) is 12.5. The highest BCUT2D eigenvalue weighted by atomic mass is 16.2. The van der Waals surface area contributed by atoms with E-state index in [2.05, 4.69) is 54.8 Å². The maximum atomic E-state index is 13.0. The highest BCUT2D eigenvalue weighted by Crippen LogP contribution is 2.35. The van der Waals surface area contributed by atoms with Crippen LogP contribution < -0.4 is 0 Å². The van der Waals surface area contributed by atoms with E-state index in [-0.39, 0.29) is 17.9 Å². The molecule has 4 nitrogen and oxygen atoms in total. The third-order valence-corrected chi connectivity index (χ3v) is 6.94. The van der Waals surface area contributed by atoms with Gasteiger partial charge in [0.1, 0.15) is 5.82 Å². The van der Waals surface area contributed by atoms with E-state index >= 15 is 0 Å². The molecule has 32 heavy (non-hydrogen) atoms. The summed E-state index contributed by atoms with van der Waals surface area (Å²) in [4.78, 5) is 20.0. The van der Waals surface area contributed by atoms with Crippen LogP contribution in [0.3, 0.4) is 0 Å². The fourth-order valence-corrected chi connectivity index (χ4v) is 5.06. The van der Waals surface area contributed by atoms with Gasteiger partial charge in [0.25, 0.3) is 0 Å². The molecule has 2 unspecified atom stereocenters. The molecule has 0 N–H and O–H groups in total. The van der Waals surface area contributed by atoms with Crippen LogP contribution in [0, 0.1) is 0 Å². The number of unbranched alkanes of at least 4 members (excludes halogenated alkanes) is 6. The summed E-state index contributed by atoms with van der Waals surface area (Å²) in [5, 5.41) is 0. The van der Waals surface area contributed by atoms with Crippen molar-refractivity contribution in [1.29, 1.82) is 0 Å². The molecule has 0 bridgehead atoms. The van der Waals surface area contributed by atoms with Gasteiger partial charge in [-0.1, -0.05) is 87.9 Å². The van der Waals surface area contributed by atoms with E-state index in [0.717, 1.165) is 24.4 Å². The molecule has 1 amide bonds. The molecule has 170 valence electrons. The molecule has 4 rings (SSSR count). The Kier molecular flexibility index (Phi) is 7.62. The Labute approximate surface area is 192 Å². The molecular formula is C28H37N3O. The third-order valence-electron chi connectivity index (χ3n) is 6.94. The second kappa shape index (κ2) is 10.8. The van der Waals surface area contributed by atoms with Gasteiger partial charge in [-0.25, -0.2) is 4.98 Å². The molecule has 4 heteroatoms. The lowest BCUT2D eigenvalue weighted by Crippen LogP contribution is -2.28. The average molecular weight is 432 g/mol. The molecule has 1 fully saturated rings. The number of aromatic nitrogens is 2. The Bertz CT molecular complexity index is 1010. The first-order chi connectivity index (χ1) is 15.7. The van der Waals surface area contributed by atoms with E-state index in [9.17, 15) is 4.79 Å². The number of imidazole rings is 1. The number of amides is 1. The molecule has 1 aromatic heterocycles. The number of para-hydroxylation sites is 2. The number of hydrogen-bond acceptors (Lipinski definition) is 2. The van der Waals surface area contributed by atoms with Crippen molar-refractivity contribution in [2.24, 2.45) is 0 Å². The predicted molar refractivity (Wildman–Crippen MR) is 132 cm³/mol. The number of benzene rings is 2. The summed E-state index contributed by atoms with van der Waals surface area (Å²) < 4.78 is 2.40. The summed E-state index contributed by atoms with van der Waals surface area (Å²) in [6, 6.07) is 18.9. The first-order valence-electron chi connectivity index (χ1n) is 12.5. The number of aryl methyl sites for hydroxylation is 1. The number of carbonyl (C=O) groups excluding carboxylic acids is 1. The van der Waals surface area contributed by atoms with Crippen LogP contribution in [0.4, 0.5) is 0 Å². The van der Waals surface area contributed by atoms with Gasteiger partial charge in [0, 0.05) is 25.4 Å². The summed E-state index contributed by atoms with van der Waals surface area (Å²) in [5.74, 6) is 1.49. The van der Waals surface area contributed by atoms with Crippen LogP contribution in [0.5, 0.6) is 0 Å². The minimum atomic E-state index is 0.0923. The summed E-state index contributed by atoms with van der Waals surface area (Å²) in [6.45, 7) is 6.14. The van der Waals surface area contributed by atoms with Gasteiger partial charge >= 0.3 is 0 Å². The lowest BCUT2D eigenvalue weighted by Gasteiger charge is -2.25. The minimum absolute atomic E-state index is 0.0923. The van der Waals surface area contributed by atoms with Crippen LogP contribution in [0.2, 0.25) is 0 Å². The Hall–Kier alpha value is -2.62. The summed E-state index contributed by atoms with van der Waals surface area (Å²) in [7, 11) is 0. The average Bonchev–Trinajstić information content (AvgIpc) is 3.39. The predicted octanol–water partition coefficient (Wildman–Crippen LogP) is 6.86. The molecule has 0 aliphatic carbocycles. The van der Waals surface area contributed by atoms with Crippen molar-refractivity contribution in [3.8, 4) is 0 Å². The topological polar surface area (TPSA) is 38.1 Å². The zero-order valence-electron chi connectivity index (χ0n) is 19.7. The van der Waals surface area contributed by atoms with Crippen molar-refractivity contribution < 1.29 is 4.79 Å². The second-order valence-corrected chi connectivity index (χ2v) is 9.27. The Morgan fingerprint density at radius 2 is 1.62 bits per heavy atom. The van der Waals surface area contributed by atoms with Gasteiger partial charge in [0.15, 0.2) is 0 Å². The third kappa shape index (κ3) is 5.06. The number of nitrogens with zero attached hydrogens (tertiary/aromatic N) is 3. The summed E-state index contributed by atoms with van der Waals surface area (Å²) >= 11 is 0. The maximum absolute atomic E-state index is 13.0. The van der Waals surface area contributed by atoms with E-state index in [1.807, 2.05) is 23.1 Å². The van der Waals surface area contributed by atoms with Crippen molar-refractivity contribution in [2.45, 2.75) is 83.7 Å². The number of hydrogen-bond donors (Lipinski definition) is 0. The molecule has 1 saturated heterocycles. The van der Waals surface area contributed by atoms with E-state index < -0.39 is 0 Å². The van der Waals surface area contributed by atoms with Crippen LogP contribution >= 0.6 is 0 Å². The van der Waals surface area contributed by atoms with E-state index in [1.54, 1.807) is 0 Å². The van der Waals surface area contributed by atoms with Gasteiger partial charge in [0.2, 0.25) is 5.91 Å². The van der Waals surface area contributed by atoms with Gasteiger partial charge in [0.05, 0.1) is 17.1 Å². The van der Waals surface area contributed by atoms with Gasteiger partial charge in [-0.05, 0) is 31.0 Å². The van der Waals surface area contributed by atoms with Crippen LogP contribution in [0.1, 0.15) is 88.6 Å². The summed E-state index contributed by atoms with van der Waals surface area (Å²) in [5.41, 5.74) is 3.45. The van der Waals surface area contributed by atoms with Crippen molar-refractivity contribution >= 4 is 16.9 Å². The SMILES string of the molecule is CCCCCCCCCn1c(C2CC(=O)N(C(C)c3ccccc3)C2)nc2ccccc21. The smallest absolute Gasteiger partial charge is 0.223 e. The lowest BCUT2D eigenvalue weighted by atomic mass is 10.1. The van der Waals surface area contributed by atoms with Gasteiger partial charge < -0.3 is 9.47 Å². The molecule has 2 heterocycles. The van der Waals surface area contributed by atoms with Crippen LogP contribution in [0.15, 0.2) is 54.6 Å². The van der Waals surface area contributed by atoms with E-state index in [4.69, 9.17) is 4.98 Å². The number of likely N-dealkylation sites (tertiary alicyclic amines) is 1. The second-order valence-electron chi connectivity index (χ2n) is 9.27. The standard InChI is InChI=1S/C28H37N3O/c1-3-4-5-6-7-8-14-19-30-26-18-13-12-17-25(26)29-28(30)24-20-27(32)31(21-24)22(2)23-15-10-9-11-16-23/h9-13,15-18,22,24H,3-8,14,19-21H2,1-2H3. The molecular weight excluding hydrogens is 394 g/mol. The first kappa shape index (κ1) is 22.6. The van der Waals surface area contributed by atoms with Crippen LogP contribution in [0.25, 0.3) is 11.0 Å². The van der Waals surface area contributed by atoms with Crippen LogP contribution in [-0.4, -0.2) is 26.9 Å². The Morgan fingerprint density at radius 1 is 0.938 bits per heavy atom.